The highest BCUT2D eigenvalue weighted by Gasteiger charge is 2.33. The van der Waals surface area contributed by atoms with Gasteiger partial charge in [-0.05, 0) is 48.9 Å². The molecule has 0 radical (unpaired) electrons. The monoisotopic (exact) mass is 399 g/mol. The minimum atomic E-state index is -3.46. The smallest absolute Gasteiger partial charge is 0.314 e. The second kappa shape index (κ2) is 7.45. The average molecular weight is 400 g/mol. The fourth-order valence-electron chi connectivity index (χ4n) is 2.75. The van der Waals surface area contributed by atoms with E-state index in [0.29, 0.717) is 40.9 Å². The Bertz CT molecular complexity index is 857. The maximum atomic E-state index is 12.5. The highest BCUT2D eigenvalue weighted by molar-refractivity contribution is 7.91. The molecule has 8 heteroatoms. The van der Waals surface area contributed by atoms with Gasteiger partial charge in [0.2, 0.25) is 0 Å². The fourth-order valence-corrected chi connectivity index (χ4v) is 5.52. The lowest BCUT2D eigenvalue weighted by Gasteiger charge is -2.29. The molecule has 0 atom stereocenters. The van der Waals surface area contributed by atoms with Crippen LogP contribution in [0.25, 0.3) is 0 Å². The molecule has 1 aliphatic rings. The van der Waals surface area contributed by atoms with Gasteiger partial charge < -0.3 is 4.74 Å². The maximum absolute atomic E-state index is 12.5. The second-order valence-electron chi connectivity index (χ2n) is 5.97. The van der Waals surface area contributed by atoms with Crippen LogP contribution in [0.2, 0.25) is 5.02 Å². The number of halogens is 1. The summed E-state index contributed by atoms with van der Waals surface area (Å²) < 4.78 is 32.2. The van der Waals surface area contributed by atoms with E-state index in [1.807, 2.05) is 13.0 Å². The summed E-state index contributed by atoms with van der Waals surface area (Å²) in [5.41, 5.74) is 0.948. The lowest BCUT2D eigenvalue weighted by Crippen LogP contribution is -2.40. The normalized spacial score (nSPS) is 16.7. The summed E-state index contributed by atoms with van der Waals surface area (Å²) in [4.78, 5) is 12.4. The zero-order chi connectivity index (χ0) is 18.0. The number of carbonyl (C=O) groups excluding carboxylic acids is 1. The molecule has 134 valence electrons. The SMILES string of the molecule is Cc1ccc(Cl)c(OC(=O)C2CCN(S(=O)(=O)c3cccs3)CC2)c1. The van der Waals surface area contributed by atoms with Crippen LogP contribution in [-0.4, -0.2) is 31.8 Å². The Morgan fingerprint density at radius 1 is 1.28 bits per heavy atom. The van der Waals surface area contributed by atoms with Crippen LogP contribution in [0.4, 0.5) is 0 Å². The van der Waals surface area contributed by atoms with Crippen LogP contribution in [-0.2, 0) is 14.8 Å². The first-order valence-corrected chi connectivity index (χ1v) is 10.6. The quantitative estimate of drug-likeness (QED) is 0.580. The molecule has 2 heterocycles. The number of esters is 1. The van der Waals surface area contributed by atoms with Crippen LogP contribution in [0, 0.1) is 12.8 Å². The molecule has 1 saturated heterocycles. The zero-order valence-corrected chi connectivity index (χ0v) is 16.0. The van der Waals surface area contributed by atoms with Crippen LogP contribution >= 0.6 is 22.9 Å². The Kier molecular flexibility index (Phi) is 5.48. The number of benzene rings is 1. The molecule has 1 aromatic carbocycles. The molecule has 1 fully saturated rings. The Morgan fingerprint density at radius 3 is 2.64 bits per heavy atom. The molecule has 0 unspecified atom stereocenters. The van der Waals surface area contributed by atoms with E-state index in [9.17, 15) is 13.2 Å². The van der Waals surface area contributed by atoms with Crippen LogP contribution in [0.1, 0.15) is 18.4 Å². The summed E-state index contributed by atoms with van der Waals surface area (Å²) in [6, 6.07) is 8.56. The Morgan fingerprint density at radius 2 is 2.00 bits per heavy atom. The molecule has 1 aliphatic heterocycles. The number of hydrogen-bond acceptors (Lipinski definition) is 5. The molecule has 0 saturated carbocycles. The van der Waals surface area contributed by atoms with E-state index in [0.717, 1.165) is 5.56 Å². The number of carbonyl (C=O) groups is 1. The van der Waals surface area contributed by atoms with E-state index >= 15 is 0 Å². The van der Waals surface area contributed by atoms with Crippen molar-refractivity contribution in [3.63, 3.8) is 0 Å². The zero-order valence-electron chi connectivity index (χ0n) is 13.6. The minimum Gasteiger partial charge on any atom is -0.425 e. The number of hydrogen-bond donors (Lipinski definition) is 0. The van der Waals surface area contributed by atoms with Crippen molar-refractivity contribution >= 4 is 38.9 Å². The van der Waals surface area contributed by atoms with Crippen LogP contribution in [0.15, 0.2) is 39.9 Å². The molecule has 25 heavy (non-hydrogen) atoms. The van der Waals surface area contributed by atoms with Crippen molar-refractivity contribution in [1.29, 1.82) is 0 Å². The molecule has 0 aliphatic carbocycles. The van der Waals surface area contributed by atoms with E-state index < -0.39 is 10.0 Å². The lowest BCUT2D eigenvalue weighted by atomic mass is 9.98. The number of ether oxygens (including phenoxy) is 1. The molecule has 0 spiro atoms. The number of nitrogens with zero attached hydrogens (tertiary/aromatic N) is 1. The summed E-state index contributed by atoms with van der Waals surface area (Å²) in [7, 11) is -3.46. The molecular weight excluding hydrogens is 382 g/mol. The highest BCUT2D eigenvalue weighted by atomic mass is 35.5. The Hall–Kier alpha value is -1.41. The van der Waals surface area contributed by atoms with Gasteiger partial charge in [-0.3, -0.25) is 4.79 Å². The number of piperidine rings is 1. The fraction of sp³-hybridized carbons (Fsp3) is 0.353. The van der Waals surface area contributed by atoms with E-state index in [2.05, 4.69) is 0 Å². The van der Waals surface area contributed by atoms with Crippen LogP contribution in [0.5, 0.6) is 5.75 Å². The van der Waals surface area contributed by atoms with Crippen molar-refractivity contribution in [2.45, 2.75) is 24.0 Å². The highest BCUT2D eigenvalue weighted by Crippen LogP contribution is 2.29. The summed E-state index contributed by atoms with van der Waals surface area (Å²) in [6.07, 6.45) is 0.875. The third-order valence-electron chi connectivity index (χ3n) is 4.17. The van der Waals surface area contributed by atoms with E-state index in [1.54, 1.807) is 29.6 Å². The van der Waals surface area contributed by atoms with Gasteiger partial charge in [0.1, 0.15) is 9.96 Å². The number of thiophene rings is 1. The molecule has 3 rings (SSSR count). The van der Waals surface area contributed by atoms with Crippen molar-refractivity contribution in [2.24, 2.45) is 5.92 Å². The van der Waals surface area contributed by atoms with Gasteiger partial charge in [0.15, 0.2) is 0 Å². The summed E-state index contributed by atoms with van der Waals surface area (Å²) in [6.45, 7) is 2.50. The van der Waals surface area contributed by atoms with Gasteiger partial charge in [-0.2, -0.15) is 4.31 Å². The van der Waals surface area contributed by atoms with E-state index in [4.69, 9.17) is 16.3 Å². The van der Waals surface area contributed by atoms with Crippen molar-refractivity contribution in [3.05, 3.63) is 46.3 Å². The summed E-state index contributed by atoms with van der Waals surface area (Å²) in [5.74, 6) is -0.340. The molecule has 0 bridgehead atoms. The number of sulfonamides is 1. The Balaban J connectivity index is 1.62. The van der Waals surface area contributed by atoms with Gasteiger partial charge >= 0.3 is 5.97 Å². The van der Waals surface area contributed by atoms with Gasteiger partial charge in [-0.1, -0.05) is 23.7 Å². The number of rotatable bonds is 4. The van der Waals surface area contributed by atoms with Crippen molar-refractivity contribution in [1.82, 2.24) is 4.31 Å². The maximum Gasteiger partial charge on any atom is 0.314 e. The topological polar surface area (TPSA) is 63.7 Å². The van der Waals surface area contributed by atoms with Crippen LogP contribution < -0.4 is 4.74 Å². The minimum absolute atomic E-state index is 0.307. The van der Waals surface area contributed by atoms with E-state index in [-0.39, 0.29) is 11.9 Å². The van der Waals surface area contributed by atoms with Gasteiger partial charge in [-0.25, -0.2) is 8.42 Å². The predicted octanol–water partition coefficient (Wildman–Crippen LogP) is 3.72. The lowest BCUT2D eigenvalue weighted by molar-refractivity contribution is -0.140. The Labute approximate surface area is 156 Å². The standard InChI is InChI=1S/C17H18ClNO4S2/c1-12-4-5-14(18)15(11-12)23-17(20)13-6-8-19(9-7-13)25(21,22)16-3-2-10-24-16/h2-5,10-11,13H,6-9H2,1H3. The van der Waals surface area contributed by atoms with Gasteiger partial charge in [0.05, 0.1) is 10.9 Å². The molecular formula is C17H18ClNO4S2. The third-order valence-corrected chi connectivity index (χ3v) is 7.76. The first-order chi connectivity index (χ1) is 11.9. The van der Waals surface area contributed by atoms with Crippen molar-refractivity contribution in [2.75, 3.05) is 13.1 Å². The molecule has 0 N–H and O–H groups in total. The van der Waals surface area contributed by atoms with Crippen molar-refractivity contribution < 1.29 is 17.9 Å². The van der Waals surface area contributed by atoms with E-state index in [1.165, 1.54) is 15.6 Å². The third kappa shape index (κ3) is 4.06. The molecule has 5 nitrogen and oxygen atoms in total. The predicted molar refractivity (Wildman–Crippen MR) is 97.6 cm³/mol. The molecule has 0 amide bonds. The van der Waals surface area contributed by atoms with Gasteiger partial charge in [0, 0.05) is 13.1 Å². The van der Waals surface area contributed by atoms with Gasteiger partial charge in [-0.15, -0.1) is 11.3 Å². The second-order valence-corrected chi connectivity index (χ2v) is 9.49. The summed E-state index contributed by atoms with van der Waals surface area (Å²) in [5, 5.41) is 2.12. The van der Waals surface area contributed by atoms with Gasteiger partial charge in [0.25, 0.3) is 10.0 Å². The molecule has 2 aromatic rings. The molecule has 1 aromatic heterocycles. The number of aryl methyl sites for hydroxylation is 1. The van der Waals surface area contributed by atoms with Crippen LogP contribution in [0.3, 0.4) is 0 Å². The first kappa shape index (κ1) is 18.4. The largest absolute Gasteiger partial charge is 0.425 e. The van der Waals surface area contributed by atoms with Crippen molar-refractivity contribution in [3.8, 4) is 5.75 Å². The average Bonchev–Trinajstić information content (AvgIpc) is 3.13. The summed E-state index contributed by atoms with van der Waals surface area (Å²) >= 11 is 7.26. The first-order valence-electron chi connectivity index (χ1n) is 7.89.